The predicted molar refractivity (Wildman–Crippen MR) is 67.4 cm³/mol. The van der Waals surface area contributed by atoms with Crippen LogP contribution < -0.4 is 0 Å². The van der Waals surface area contributed by atoms with Gasteiger partial charge in [-0.05, 0) is 18.2 Å². The summed E-state index contributed by atoms with van der Waals surface area (Å²) >= 11 is 0. The van der Waals surface area contributed by atoms with Gasteiger partial charge in [0, 0.05) is 25.7 Å². The third-order valence-electron chi connectivity index (χ3n) is 3.27. The Balaban J connectivity index is 1.93. The van der Waals surface area contributed by atoms with Gasteiger partial charge in [0.25, 0.3) is 5.91 Å². The molecule has 5 nitrogen and oxygen atoms in total. The van der Waals surface area contributed by atoms with Gasteiger partial charge in [-0.2, -0.15) is 0 Å². The van der Waals surface area contributed by atoms with E-state index < -0.39 is 0 Å². The van der Waals surface area contributed by atoms with Gasteiger partial charge < -0.3 is 14.2 Å². The maximum absolute atomic E-state index is 12.3. The summed E-state index contributed by atoms with van der Waals surface area (Å²) in [5, 5.41) is 0. The lowest BCUT2D eigenvalue weighted by Crippen LogP contribution is -2.40. The van der Waals surface area contributed by atoms with Crippen LogP contribution in [-0.4, -0.2) is 46.7 Å². The highest BCUT2D eigenvalue weighted by Gasteiger charge is 2.18. The summed E-state index contributed by atoms with van der Waals surface area (Å²) in [5.41, 5.74) is 2.61. The van der Waals surface area contributed by atoms with Crippen LogP contribution in [0, 0.1) is 0 Å². The average molecular weight is 245 g/mol. The largest absolute Gasteiger partial charge is 0.378 e. The number of amides is 1. The van der Waals surface area contributed by atoms with Crippen LogP contribution in [0.5, 0.6) is 0 Å². The molecule has 0 radical (unpaired) electrons. The van der Waals surface area contributed by atoms with Crippen molar-refractivity contribution in [3.8, 4) is 0 Å². The maximum Gasteiger partial charge on any atom is 0.254 e. The highest BCUT2D eigenvalue weighted by atomic mass is 16.5. The second kappa shape index (κ2) is 4.42. The van der Waals surface area contributed by atoms with E-state index in [9.17, 15) is 4.79 Å². The number of rotatable bonds is 1. The molecule has 0 aliphatic carbocycles. The third kappa shape index (κ3) is 1.86. The number of nitrogens with zero attached hydrogens (tertiary/aromatic N) is 3. The fourth-order valence-electron chi connectivity index (χ4n) is 2.21. The second-order valence-corrected chi connectivity index (χ2v) is 4.46. The number of aryl methyl sites for hydroxylation is 1. The fraction of sp³-hybridized carbons (Fsp3) is 0.385. The Kier molecular flexibility index (Phi) is 2.76. The van der Waals surface area contributed by atoms with Gasteiger partial charge in [0.15, 0.2) is 0 Å². The SMILES string of the molecule is Cn1cnc2ccc(C(=O)N3CCOCC3)cc21. The third-order valence-corrected chi connectivity index (χ3v) is 3.27. The van der Waals surface area contributed by atoms with E-state index in [0.717, 1.165) is 11.0 Å². The second-order valence-electron chi connectivity index (χ2n) is 4.46. The lowest BCUT2D eigenvalue weighted by Gasteiger charge is -2.26. The zero-order chi connectivity index (χ0) is 12.5. The number of imidazole rings is 1. The van der Waals surface area contributed by atoms with Crippen molar-refractivity contribution in [2.24, 2.45) is 7.05 Å². The van der Waals surface area contributed by atoms with Gasteiger partial charge in [0.05, 0.1) is 30.6 Å². The van der Waals surface area contributed by atoms with Crippen molar-refractivity contribution in [2.75, 3.05) is 26.3 Å². The van der Waals surface area contributed by atoms with Gasteiger partial charge in [0.2, 0.25) is 0 Å². The molecule has 0 N–H and O–H groups in total. The van der Waals surface area contributed by atoms with E-state index in [0.29, 0.717) is 31.9 Å². The normalized spacial score (nSPS) is 16.2. The molecule has 94 valence electrons. The van der Waals surface area contributed by atoms with Crippen LogP contribution in [0.15, 0.2) is 24.5 Å². The van der Waals surface area contributed by atoms with Crippen LogP contribution >= 0.6 is 0 Å². The lowest BCUT2D eigenvalue weighted by atomic mass is 10.1. The molecule has 1 fully saturated rings. The minimum absolute atomic E-state index is 0.0707. The molecule has 18 heavy (non-hydrogen) atoms. The Morgan fingerprint density at radius 1 is 1.33 bits per heavy atom. The first-order valence-corrected chi connectivity index (χ1v) is 6.04. The van der Waals surface area contributed by atoms with E-state index in [1.165, 1.54) is 0 Å². The molecule has 0 saturated carbocycles. The average Bonchev–Trinajstić information content (AvgIpc) is 2.80. The molecule has 3 rings (SSSR count). The first-order valence-electron chi connectivity index (χ1n) is 6.04. The van der Waals surface area contributed by atoms with Crippen LogP contribution in [0.4, 0.5) is 0 Å². The van der Waals surface area contributed by atoms with Crippen LogP contribution in [0.3, 0.4) is 0 Å². The maximum atomic E-state index is 12.3. The van der Waals surface area contributed by atoms with E-state index in [1.807, 2.05) is 34.7 Å². The van der Waals surface area contributed by atoms with Crippen molar-refractivity contribution in [1.82, 2.24) is 14.5 Å². The number of hydrogen-bond donors (Lipinski definition) is 0. The van der Waals surface area contributed by atoms with E-state index in [-0.39, 0.29) is 5.91 Å². The number of ether oxygens (including phenoxy) is 1. The van der Waals surface area contributed by atoms with E-state index in [1.54, 1.807) is 6.33 Å². The minimum atomic E-state index is 0.0707. The molecule has 1 aromatic carbocycles. The molecular weight excluding hydrogens is 230 g/mol. The van der Waals surface area contributed by atoms with Crippen molar-refractivity contribution < 1.29 is 9.53 Å². The summed E-state index contributed by atoms with van der Waals surface area (Å²) < 4.78 is 7.18. The van der Waals surface area contributed by atoms with E-state index in [4.69, 9.17) is 4.74 Å². The Hall–Kier alpha value is -1.88. The van der Waals surface area contributed by atoms with E-state index >= 15 is 0 Å². The number of benzene rings is 1. The molecule has 2 aromatic rings. The minimum Gasteiger partial charge on any atom is -0.378 e. The van der Waals surface area contributed by atoms with Crippen LogP contribution in [0.1, 0.15) is 10.4 Å². The molecule has 1 aliphatic rings. The van der Waals surface area contributed by atoms with Gasteiger partial charge in [-0.25, -0.2) is 4.98 Å². The van der Waals surface area contributed by atoms with Gasteiger partial charge in [-0.15, -0.1) is 0 Å². The number of fused-ring (bicyclic) bond motifs is 1. The summed E-state index contributed by atoms with van der Waals surface area (Å²) in [6.45, 7) is 2.59. The highest BCUT2D eigenvalue weighted by Crippen LogP contribution is 2.16. The molecule has 2 heterocycles. The number of carbonyl (C=O) groups is 1. The molecule has 0 unspecified atom stereocenters. The summed E-state index contributed by atoms with van der Waals surface area (Å²) in [5.74, 6) is 0.0707. The first kappa shape index (κ1) is 11.2. The topological polar surface area (TPSA) is 47.4 Å². The van der Waals surface area contributed by atoms with Crippen LogP contribution in [0.2, 0.25) is 0 Å². The van der Waals surface area contributed by atoms with Gasteiger partial charge in [0.1, 0.15) is 0 Å². The fourth-order valence-corrected chi connectivity index (χ4v) is 2.21. The zero-order valence-electron chi connectivity index (χ0n) is 10.3. The highest BCUT2D eigenvalue weighted by molar-refractivity contribution is 5.97. The molecule has 5 heteroatoms. The van der Waals surface area contributed by atoms with Crippen molar-refractivity contribution in [2.45, 2.75) is 0 Å². The van der Waals surface area contributed by atoms with Crippen molar-refractivity contribution in [1.29, 1.82) is 0 Å². The Labute approximate surface area is 105 Å². The molecule has 1 aliphatic heterocycles. The smallest absolute Gasteiger partial charge is 0.254 e. The van der Waals surface area contributed by atoms with Crippen molar-refractivity contribution >= 4 is 16.9 Å². The predicted octanol–water partition coefficient (Wildman–Crippen LogP) is 1.05. The van der Waals surface area contributed by atoms with Gasteiger partial charge in [-0.3, -0.25) is 4.79 Å². The van der Waals surface area contributed by atoms with Gasteiger partial charge in [-0.1, -0.05) is 0 Å². The summed E-state index contributed by atoms with van der Waals surface area (Å²) in [6, 6.07) is 5.64. The Bertz CT molecular complexity index is 585. The van der Waals surface area contributed by atoms with Crippen molar-refractivity contribution in [3.63, 3.8) is 0 Å². The number of aromatic nitrogens is 2. The Morgan fingerprint density at radius 2 is 2.11 bits per heavy atom. The summed E-state index contributed by atoms with van der Waals surface area (Å²) in [6.07, 6.45) is 1.76. The van der Waals surface area contributed by atoms with Crippen molar-refractivity contribution in [3.05, 3.63) is 30.1 Å². The number of morpholine rings is 1. The monoisotopic (exact) mass is 245 g/mol. The first-order chi connectivity index (χ1) is 8.75. The number of hydrogen-bond acceptors (Lipinski definition) is 3. The summed E-state index contributed by atoms with van der Waals surface area (Å²) in [4.78, 5) is 18.4. The molecule has 0 spiro atoms. The number of carbonyl (C=O) groups excluding carboxylic acids is 1. The van der Waals surface area contributed by atoms with Gasteiger partial charge >= 0.3 is 0 Å². The molecule has 1 saturated heterocycles. The molecule has 1 aromatic heterocycles. The molecule has 0 atom stereocenters. The standard InChI is InChI=1S/C13H15N3O2/c1-15-9-14-11-3-2-10(8-12(11)15)13(17)16-4-6-18-7-5-16/h2-3,8-9H,4-7H2,1H3. The van der Waals surface area contributed by atoms with Crippen LogP contribution in [0.25, 0.3) is 11.0 Å². The zero-order valence-corrected chi connectivity index (χ0v) is 10.3. The van der Waals surface area contributed by atoms with E-state index in [2.05, 4.69) is 4.98 Å². The molecule has 0 bridgehead atoms. The lowest BCUT2D eigenvalue weighted by molar-refractivity contribution is 0.0303. The molecule has 1 amide bonds. The summed E-state index contributed by atoms with van der Waals surface area (Å²) in [7, 11) is 1.93. The quantitative estimate of drug-likeness (QED) is 0.754. The Morgan fingerprint density at radius 3 is 2.89 bits per heavy atom. The molecular formula is C13H15N3O2. The van der Waals surface area contributed by atoms with Crippen LogP contribution in [-0.2, 0) is 11.8 Å².